The summed E-state index contributed by atoms with van der Waals surface area (Å²) in [7, 11) is 0. The number of hydrogen-bond donors (Lipinski definition) is 2. The van der Waals surface area contributed by atoms with E-state index in [2.05, 4.69) is 10.4 Å². The maximum absolute atomic E-state index is 11.6. The third kappa shape index (κ3) is 2.70. The second kappa shape index (κ2) is 5.27. The molecule has 1 aromatic carbocycles. The molecule has 88 valence electrons. The van der Waals surface area contributed by atoms with Crippen molar-refractivity contribution in [2.75, 3.05) is 13.2 Å². The summed E-state index contributed by atoms with van der Waals surface area (Å²) in [5.74, 6) is -0.235. The van der Waals surface area contributed by atoms with Gasteiger partial charge in [-0.1, -0.05) is 18.2 Å². The number of aliphatic hydroxyl groups excluding tert-OH is 1. The van der Waals surface area contributed by atoms with Crippen LogP contribution in [0.15, 0.2) is 42.7 Å². The molecule has 0 spiro atoms. The Hall–Kier alpha value is -2.14. The summed E-state index contributed by atoms with van der Waals surface area (Å²) >= 11 is 0. The molecule has 1 heterocycles. The molecule has 0 unspecified atom stereocenters. The predicted octanol–water partition coefficient (Wildman–Crippen LogP) is 0.594. The van der Waals surface area contributed by atoms with Gasteiger partial charge in [-0.25, -0.2) is 4.68 Å². The average Bonchev–Trinajstić information content (AvgIpc) is 2.86. The fourth-order valence-corrected chi connectivity index (χ4v) is 1.43. The average molecular weight is 231 g/mol. The summed E-state index contributed by atoms with van der Waals surface area (Å²) in [5, 5.41) is 15.3. The van der Waals surface area contributed by atoms with E-state index in [1.807, 2.05) is 30.3 Å². The molecule has 5 nitrogen and oxygen atoms in total. The molecule has 0 aliphatic carbocycles. The monoisotopic (exact) mass is 231 g/mol. The van der Waals surface area contributed by atoms with Crippen LogP contribution < -0.4 is 5.32 Å². The van der Waals surface area contributed by atoms with Gasteiger partial charge in [-0.3, -0.25) is 4.79 Å². The molecule has 0 saturated heterocycles. The zero-order chi connectivity index (χ0) is 12.1. The first kappa shape index (κ1) is 11.3. The van der Waals surface area contributed by atoms with Crippen molar-refractivity contribution in [3.63, 3.8) is 0 Å². The van der Waals surface area contributed by atoms with E-state index >= 15 is 0 Å². The summed E-state index contributed by atoms with van der Waals surface area (Å²) in [6.07, 6.45) is 3.15. The highest BCUT2D eigenvalue weighted by Crippen LogP contribution is 2.07. The van der Waals surface area contributed by atoms with Gasteiger partial charge >= 0.3 is 0 Å². The molecule has 0 bridgehead atoms. The van der Waals surface area contributed by atoms with E-state index in [9.17, 15) is 4.79 Å². The molecule has 0 atom stereocenters. The van der Waals surface area contributed by atoms with Crippen LogP contribution in [0.25, 0.3) is 5.69 Å². The fourth-order valence-electron chi connectivity index (χ4n) is 1.43. The van der Waals surface area contributed by atoms with Gasteiger partial charge in [0.15, 0.2) is 0 Å². The van der Waals surface area contributed by atoms with E-state index < -0.39 is 0 Å². The van der Waals surface area contributed by atoms with Crippen molar-refractivity contribution in [1.82, 2.24) is 15.1 Å². The summed E-state index contributed by atoms with van der Waals surface area (Å²) in [5.41, 5.74) is 1.37. The van der Waals surface area contributed by atoms with Crippen LogP contribution in [0.5, 0.6) is 0 Å². The van der Waals surface area contributed by atoms with Gasteiger partial charge in [-0.15, -0.1) is 0 Å². The van der Waals surface area contributed by atoms with E-state index in [1.165, 1.54) is 6.20 Å². The smallest absolute Gasteiger partial charge is 0.254 e. The molecule has 5 heteroatoms. The van der Waals surface area contributed by atoms with Crippen LogP contribution in [0.2, 0.25) is 0 Å². The molecule has 2 rings (SSSR count). The second-order valence-electron chi connectivity index (χ2n) is 3.49. The normalized spacial score (nSPS) is 10.2. The number of aliphatic hydroxyl groups is 1. The van der Waals surface area contributed by atoms with Crippen LogP contribution in [-0.4, -0.2) is 33.9 Å². The number of rotatable bonds is 4. The van der Waals surface area contributed by atoms with Crippen LogP contribution in [0.1, 0.15) is 10.4 Å². The van der Waals surface area contributed by atoms with E-state index in [0.717, 1.165) is 5.69 Å². The highest BCUT2D eigenvalue weighted by Gasteiger charge is 2.08. The lowest BCUT2D eigenvalue weighted by Crippen LogP contribution is -2.25. The van der Waals surface area contributed by atoms with E-state index in [1.54, 1.807) is 10.9 Å². The first-order valence-corrected chi connectivity index (χ1v) is 5.30. The molecule has 0 aliphatic heterocycles. The van der Waals surface area contributed by atoms with E-state index in [-0.39, 0.29) is 19.1 Å². The van der Waals surface area contributed by atoms with Crippen molar-refractivity contribution in [2.45, 2.75) is 0 Å². The lowest BCUT2D eigenvalue weighted by Gasteiger charge is -2.00. The quantitative estimate of drug-likeness (QED) is 0.809. The molecule has 2 aromatic rings. The van der Waals surface area contributed by atoms with Crippen LogP contribution in [0.3, 0.4) is 0 Å². The number of aromatic nitrogens is 2. The highest BCUT2D eigenvalue weighted by molar-refractivity contribution is 5.93. The van der Waals surface area contributed by atoms with E-state index in [0.29, 0.717) is 5.56 Å². The number of para-hydroxylation sites is 1. The Labute approximate surface area is 98.7 Å². The van der Waals surface area contributed by atoms with Gasteiger partial charge in [0, 0.05) is 12.7 Å². The van der Waals surface area contributed by atoms with Crippen LogP contribution in [0, 0.1) is 0 Å². The Bertz CT molecular complexity index is 493. The topological polar surface area (TPSA) is 67.2 Å². The molecule has 0 aliphatic rings. The van der Waals surface area contributed by atoms with Crippen molar-refractivity contribution in [3.8, 4) is 5.69 Å². The molecule has 0 fully saturated rings. The van der Waals surface area contributed by atoms with E-state index in [4.69, 9.17) is 5.11 Å². The Morgan fingerprint density at radius 1 is 1.35 bits per heavy atom. The molecule has 0 saturated carbocycles. The number of carbonyl (C=O) groups excluding carboxylic acids is 1. The highest BCUT2D eigenvalue weighted by atomic mass is 16.3. The first-order valence-electron chi connectivity index (χ1n) is 5.30. The Morgan fingerprint density at radius 2 is 2.12 bits per heavy atom. The van der Waals surface area contributed by atoms with Crippen molar-refractivity contribution in [2.24, 2.45) is 0 Å². The molecule has 2 N–H and O–H groups in total. The fraction of sp³-hybridized carbons (Fsp3) is 0.167. The molecular formula is C12H13N3O2. The zero-order valence-corrected chi connectivity index (χ0v) is 9.21. The van der Waals surface area contributed by atoms with Gasteiger partial charge in [-0.05, 0) is 12.1 Å². The van der Waals surface area contributed by atoms with Crippen LogP contribution >= 0.6 is 0 Å². The van der Waals surface area contributed by atoms with Gasteiger partial charge in [-0.2, -0.15) is 5.10 Å². The minimum atomic E-state index is -0.235. The van der Waals surface area contributed by atoms with Crippen molar-refractivity contribution < 1.29 is 9.90 Å². The number of nitrogens with zero attached hydrogens (tertiary/aromatic N) is 2. The summed E-state index contributed by atoms with van der Waals surface area (Å²) in [6.45, 7) is 0.175. The number of benzene rings is 1. The van der Waals surface area contributed by atoms with Gasteiger partial charge < -0.3 is 10.4 Å². The molecule has 1 amide bonds. The minimum Gasteiger partial charge on any atom is -0.395 e. The Morgan fingerprint density at radius 3 is 2.82 bits per heavy atom. The Balaban J connectivity index is 2.14. The third-order valence-corrected chi connectivity index (χ3v) is 2.26. The lowest BCUT2D eigenvalue weighted by molar-refractivity contribution is 0.0945. The van der Waals surface area contributed by atoms with Gasteiger partial charge in [0.25, 0.3) is 5.91 Å². The maximum Gasteiger partial charge on any atom is 0.254 e. The molecule has 17 heavy (non-hydrogen) atoms. The largest absolute Gasteiger partial charge is 0.395 e. The van der Waals surface area contributed by atoms with Crippen molar-refractivity contribution in [3.05, 3.63) is 48.3 Å². The van der Waals surface area contributed by atoms with Crippen molar-refractivity contribution in [1.29, 1.82) is 0 Å². The number of carbonyl (C=O) groups is 1. The molecule has 1 aromatic heterocycles. The van der Waals surface area contributed by atoms with Gasteiger partial charge in [0.2, 0.25) is 0 Å². The summed E-state index contributed by atoms with van der Waals surface area (Å²) in [4.78, 5) is 11.6. The number of amides is 1. The summed E-state index contributed by atoms with van der Waals surface area (Å²) in [6, 6.07) is 9.54. The first-order chi connectivity index (χ1) is 8.31. The molecule has 0 radical (unpaired) electrons. The standard InChI is InChI=1S/C12H13N3O2/c16-7-6-13-12(17)10-8-14-15(9-10)11-4-2-1-3-5-11/h1-5,8-9,16H,6-7H2,(H,13,17). The second-order valence-corrected chi connectivity index (χ2v) is 3.49. The summed E-state index contributed by atoms with van der Waals surface area (Å²) < 4.78 is 1.63. The van der Waals surface area contributed by atoms with Crippen molar-refractivity contribution >= 4 is 5.91 Å². The SMILES string of the molecule is O=C(NCCO)c1cnn(-c2ccccc2)c1. The lowest BCUT2D eigenvalue weighted by atomic mass is 10.3. The molecular weight excluding hydrogens is 218 g/mol. The predicted molar refractivity (Wildman–Crippen MR) is 63.0 cm³/mol. The maximum atomic E-state index is 11.6. The third-order valence-electron chi connectivity index (χ3n) is 2.26. The van der Waals surface area contributed by atoms with Crippen LogP contribution in [-0.2, 0) is 0 Å². The zero-order valence-electron chi connectivity index (χ0n) is 9.21. The van der Waals surface area contributed by atoms with Crippen LogP contribution in [0.4, 0.5) is 0 Å². The van der Waals surface area contributed by atoms with Gasteiger partial charge in [0.1, 0.15) is 0 Å². The minimum absolute atomic E-state index is 0.0709. The number of hydrogen-bond acceptors (Lipinski definition) is 3. The Kier molecular flexibility index (Phi) is 3.52. The number of nitrogens with one attached hydrogen (secondary N) is 1. The van der Waals surface area contributed by atoms with Gasteiger partial charge in [0.05, 0.1) is 24.1 Å².